The van der Waals surface area contributed by atoms with E-state index in [1.165, 1.54) is 19.3 Å². The van der Waals surface area contributed by atoms with Crippen molar-refractivity contribution in [2.24, 2.45) is 5.92 Å². The molecule has 0 spiro atoms. The van der Waals surface area contributed by atoms with Crippen LogP contribution in [0.2, 0.25) is 0 Å². The molecule has 0 saturated carbocycles. The van der Waals surface area contributed by atoms with Gasteiger partial charge in [-0.2, -0.15) is 0 Å². The number of rotatable bonds is 9. The maximum absolute atomic E-state index is 10.0. The van der Waals surface area contributed by atoms with Gasteiger partial charge in [0, 0.05) is 6.42 Å². The quantitative estimate of drug-likeness (QED) is 0.308. The predicted octanol–water partition coefficient (Wildman–Crippen LogP) is 4.13. The lowest BCUT2D eigenvalue weighted by Crippen LogP contribution is -1.85. The lowest BCUT2D eigenvalue weighted by atomic mass is 10.1. The molecule has 0 aromatic rings. The minimum atomic E-state index is 0.723. The van der Waals surface area contributed by atoms with Gasteiger partial charge in [-0.3, -0.25) is 0 Å². The summed E-state index contributed by atoms with van der Waals surface area (Å²) in [7, 11) is 0. The molecule has 0 heterocycles. The van der Waals surface area contributed by atoms with E-state index in [9.17, 15) is 4.79 Å². The number of aldehydes is 1. The van der Waals surface area contributed by atoms with Crippen LogP contribution in [0.5, 0.6) is 0 Å². The average Bonchev–Trinajstić information content (AvgIpc) is 2.15. The largest absolute Gasteiger partial charge is 0.303 e. The zero-order chi connectivity index (χ0) is 10.6. The van der Waals surface area contributed by atoms with Gasteiger partial charge in [-0.05, 0) is 38.0 Å². The predicted molar refractivity (Wildman–Crippen MR) is 62.4 cm³/mol. The van der Waals surface area contributed by atoms with Gasteiger partial charge in [-0.25, -0.2) is 0 Å². The molecule has 82 valence electrons. The first-order valence-electron chi connectivity index (χ1n) is 5.86. The third kappa shape index (κ3) is 11.4. The van der Waals surface area contributed by atoms with Crippen LogP contribution in [0.1, 0.15) is 58.8 Å². The van der Waals surface area contributed by atoms with Crippen molar-refractivity contribution in [2.75, 3.05) is 0 Å². The van der Waals surface area contributed by atoms with E-state index in [4.69, 9.17) is 0 Å². The maximum atomic E-state index is 10.0. The van der Waals surface area contributed by atoms with Gasteiger partial charge in [-0.1, -0.05) is 32.4 Å². The van der Waals surface area contributed by atoms with Crippen LogP contribution in [0.4, 0.5) is 0 Å². The Labute approximate surface area is 88.6 Å². The first-order valence-corrected chi connectivity index (χ1v) is 5.86. The van der Waals surface area contributed by atoms with Crippen molar-refractivity contribution >= 4 is 6.29 Å². The van der Waals surface area contributed by atoms with Gasteiger partial charge in [0.05, 0.1) is 0 Å². The van der Waals surface area contributed by atoms with E-state index in [-0.39, 0.29) is 0 Å². The number of allylic oxidation sites excluding steroid dienone is 2. The second kappa shape index (κ2) is 10.5. The summed E-state index contributed by atoms with van der Waals surface area (Å²) in [5.41, 5.74) is 0. The van der Waals surface area contributed by atoms with Crippen molar-refractivity contribution in [3.63, 3.8) is 0 Å². The second-order valence-electron chi connectivity index (χ2n) is 4.25. The molecule has 0 saturated heterocycles. The minimum Gasteiger partial charge on any atom is -0.303 e. The highest BCUT2D eigenvalue weighted by Gasteiger charge is 1.91. The molecule has 1 heteroatoms. The van der Waals surface area contributed by atoms with Crippen LogP contribution in [-0.2, 0) is 4.79 Å². The molecule has 0 N–H and O–H groups in total. The summed E-state index contributed by atoms with van der Waals surface area (Å²) in [6, 6.07) is 0. The zero-order valence-corrected chi connectivity index (χ0v) is 9.67. The van der Waals surface area contributed by atoms with E-state index in [2.05, 4.69) is 26.0 Å². The molecule has 0 aromatic carbocycles. The molecule has 0 fully saturated rings. The summed E-state index contributed by atoms with van der Waals surface area (Å²) >= 11 is 0. The first kappa shape index (κ1) is 13.4. The Morgan fingerprint density at radius 3 is 2.07 bits per heavy atom. The van der Waals surface area contributed by atoms with Crippen LogP contribution in [0, 0.1) is 5.92 Å². The topological polar surface area (TPSA) is 17.1 Å². The molecule has 0 radical (unpaired) electrons. The number of unbranched alkanes of at least 4 members (excludes halogenated alkanes) is 4. The molecule has 14 heavy (non-hydrogen) atoms. The Balaban J connectivity index is 3.07. The summed E-state index contributed by atoms with van der Waals surface area (Å²) in [5, 5.41) is 0. The van der Waals surface area contributed by atoms with Crippen molar-refractivity contribution in [3.05, 3.63) is 12.2 Å². The number of carbonyl (C=O) groups is 1. The Kier molecular flexibility index (Phi) is 10.0. The van der Waals surface area contributed by atoms with Crippen molar-refractivity contribution in [2.45, 2.75) is 58.8 Å². The molecule has 0 bridgehead atoms. The van der Waals surface area contributed by atoms with Gasteiger partial charge in [-0.15, -0.1) is 0 Å². The maximum Gasteiger partial charge on any atom is 0.119 e. The van der Waals surface area contributed by atoms with Crippen molar-refractivity contribution in [3.8, 4) is 0 Å². The molecule has 0 aromatic heterocycles. The van der Waals surface area contributed by atoms with Crippen LogP contribution >= 0.6 is 0 Å². The van der Waals surface area contributed by atoms with Gasteiger partial charge < -0.3 is 4.79 Å². The van der Waals surface area contributed by atoms with Crippen LogP contribution in [0.15, 0.2) is 12.2 Å². The molecule has 0 amide bonds. The van der Waals surface area contributed by atoms with E-state index >= 15 is 0 Å². The van der Waals surface area contributed by atoms with Crippen LogP contribution in [0.25, 0.3) is 0 Å². The highest BCUT2D eigenvalue weighted by atomic mass is 16.1. The summed E-state index contributed by atoms with van der Waals surface area (Å²) < 4.78 is 0. The van der Waals surface area contributed by atoms with Gasteiger partial charge in [0.2, 0.25) is 0 Å². The van der Waals surface area contributed by atoms with Crippen molar-refractivity contribution in [1.82, 2.24) is 0 Å². The molecule has 0 aliphatic carbocycles. The highest BCUT2D eigenvalue weighted by Crippen LogP contribution is 2.07. The second-order valence-corrected chi connectivity index (χ2v) is 4.25. The summed E-state index contributed by atoms with van der Waals surface area (Å²) in [5.74, 6) is 0.830. The van der Waals surface area contributed by atoms with E-state index in [0.717, 1.165) is 37.9 Å². The van der Waals surface area contributed by atoms with Crippen molar-refractivity contribution in [1.29, 1.82) is 0 Å². The number of hydrogen-bond acceptors (Lipinski definition) is 1. The zero-order valence-electron chi connectivity index (χ0n) is 9.67. The summed E-state index contributed by atoms with van der Waals surface area (Å²) in [6.45, 7) is 4.53. The molecule has 0 atom stereocenters. The molecule has 0 unspecified atom stereocenters. The Hall–Kier alpha value is -0.590. The lowest BCUT2D eigenvalue weighted by Gasteiger charge is -2.00. The minimum absolute atomic E-state index is 0.723. The fourth-order valence-electron chi connectivity index (χ4n) is 1.37. The van der Waals surface area contributed by atoms with Crippen LogP contribution in [-0.4, -0.2) is 6.29 Å². The van der Waals surface area contributed by atoms with Gasteiger partial charge >= 0.3 is 0 Å². The monoisotopic (exact) mass is 196 g/mol. The van der Waals surface area contributed by atoms with E-state index in [1.807, 2.05) is 0 Å². The smallest absolute Gasteiger partial charge is 0.119 e. The fraction of sp³-hybridized carbons (Fsp3) is 0.769. The van der Waals surface area contributed by atoms with E-state index in [0.29, 0.717) is 0 Å². The summed E-state index contributed by atoms with van der Waals surface area (Å²) in [4.78, 5) is 10.0. The molecule has 1 nitrogen and oxygen atoms in total. The first-order chi connectivity index (χ1) is 6.77. The third-order valence-corrected chi connectivity index (χ3v) is 2.26. The molecule has 0 aliphatic rings. The summed E-state index contributed by atoms with van der Waals surface area (Å²) in [6.07, 6.45) is 13.4. The van der Waals surface area contributed by atoms with E-state index < -0.39 is 0 Å². The standard InChI is InChI=1S/C13H24O/c1-13(2)11-9-7-5-3-4-6-8-10-12-14/h3,5,12-13H,4,6-11H2,1-2H3. The fourth-order valence-corrected chi connectivity index (χ4v) is 1.37. The normalized spacial score (nSPS) is 11.4. The lowest BCUT2D eigenvalue weighted by molar-refractivity contribution is -0.107. The third-order valence-electron chi connectivity index (χ3n) is 2.26. The molecule has 0 aliphatic heterocycles. The molecular weight excluding hydrogens is 172 g/mol. The van der Waals surface area contributed by atoms with Crippen molar-refractivity contribution < 1.29 is 4.79 Å². The van der Waals surface area contributed by atoms with Gasteiger partial charge in [0.25, 0.3) is 0 Å². The van der Waals surface area contributed by atoms with Crippen LogP contribution < -0.4 is 0 Å². The van der Waals surface area contributed by atoms with E-state index in [1.54, 1.807) is 0 Å². The van der Waals surface area contributed by atoms with Gasteiger partial charge in [0.15, 0.2) is 0 Å². The molecule has 0 rings (SSSR count). The SMILES string of the molecule is CC(C)CCCC=CCCCCC=O. The average molecular weight is 196 g/mol. The Morgan fingerprint density at radius 1 is 0.929 bits per heavy atom. The Bertz CT molecular complexity index is 147. The van der Waals surface area contributed by atoms with Crippen LogP contribution in [0.3, 0.4) is 0 Å². The highest BCUT2D eigenvalue weighted by molar-refractivity contribution is 5.48. The number of hydrogen-bond donors (Lipinski definition) is 0. The molecular formula is C13H24O. The Morgan fingerprint density at radius 2 is 1.50 bits per heavy atom. The number of carbonyl (C=O) groups excluding carboxylic acids is 1. The van der Waals surface area contributed by atoms with Gasteiger partial charge in [0.1, 0.15) is 6.29 Å².